The highest BCUT2D eigenvalue weighted by Gasteiger charge is 2.20. The van der Waals surface area contributed by atoms with E-state index in [0.717, 1.165) is 29.8 Å². The van der Waals surface area contributed by atoms with Crippen LogP contribution in [-0.2, 0) is 0 Å². The van der Waals surface area contributed by atoms with Gasteiger partial charge in [0, 0.05) is 17.8 Å². The summed E-state index contributed by atoms with van der Waals surface area (Å²) < 4.78 is 6.98. The number of para-hydroxylation sites is 1. The van der Waals surface area contributed by atoms with Gasteiger partial charge >= 0.3 is 0 Å². The van der Waals surface area contributed by atoms with Gasteiger partial charge in [-0.05, 0) is 49.7 Å². The Morgan fingerprint density at radius 2 is 1.85 bits per heavy atom. The minimum Gasteiger partial charge on any atom is -0.497 e. The fourth-order valence-corrected chi connectivity index (χ4v) is 3.02. The molecule has 3 aromatic rings. The van der Waals surface area contributed by atoms with Crippen molar-refractivity contribution in [2.75, 3.05) is 7.11 Å². The van der Waals surface area contributed by atoms with Gasteiger partial charge in [-0.2, -0.15) is 5.10 Å². The number of hydrogen-bond donors (Lipinski definition) is 1. The van der Waals surface area contributed by atoms with E-state index < -0.39 is 0 Å². The van der Waals surface area contributed by atoms with E-state index >= 15 is 0 Å². The molecule has 1 amide bonds. The van der Waals surface area contributed by atoms with E-state index in [1.54, 1.807) is 18.0 Å². The van der Waals surface area contributed by atoms with E-state index in [9.17, 15) is 4.79 Å². The monoisotopic (exact) mass is 363 g/mol. The molecule has 1 N–H and O–H groups in total. The first-order valence-electron chi connectivity index (χ1n) is 9.22. The van der Waals surface area contributed by atoms with E-state index in [-0.39, 0.29) is 11.9 Å². The number of carbonyl (C=O) groups excluding carboxylic acids is 1. The zero-order valence-corrected chi connectivity index (χ0v) is 16.0. The third kappa shape index (κ3) is 4.37. The van der Waals surface area contributed by atoms with Crippen molar-refractivity contribution in [1.29, 1.82) is 0 Å². The normalized spacial score (nSPS) is 11.8. The summed E-state index contributed by atoms with van der Waals surface area (Å²) in [7, 11) is 1.63. The molecule has 140 valence electrons. The summed E-state index contributed by atoms with van der Waals surface area (Å²) in [6.07, 6.45) is 3.76. The Morgan fingerprint density at radius 1 is 1.15 bits per heavy atom. The predicted octanol–water partition coefficient (Wildman–Crippen LogP) is 4.47. The molecule has 0 saturated heterocycles. The van der Waals surface area contributed by atoms with Crippen LogP contribution in [0.2, 0.25) is 0 Å². The van der Waals surface area contributed by atoms with E-state index in [1.165, 1.54) is 0 Å². The second-order valence-electron chi connectivity index (χ2n) is 6.56. The molecule has 0 aliphatic rings. The average Bonchev–Trinajstić information content (AvgIpc) is 3.14. The maximum atomic E-state index is 12.9. The highest BCUT2D eigenvalue weighted by atomic mass is 16.5. The van der Waals surface area contributed by atoms with E-state index in [4.69, 9.17) is 9.84 Å². The largest absolute Gasteiger partial charge is 0.497 e. The molecule has 0 radical (unpaired) electrons. The summed E-state index contributed by atoms with van der Waals surface area (Å²) in [4.78, 5) is 12.9. The summed E-state index contributed by atoms with van der Waals surface area (Å²) in [5.74, 6) is 0.660. The maximum Gasteiger partial charge on any atom is 0.255 e. The van der Waals surface area contributed by atoms with Crippen molar-refractivity contribution in [3.63, 3.8) is 0 Å². The second-order valence-corrected chi connectivity index (χ2v) is 6.56. The molecule has 5 nitrogen and oxygen atoms in total. The number of hydrogen-bond acceptors (Lipinski definition) is 3. The van der Waals surface area contributed by atoms with Crippen LogP contribution in [0.5, 0.6) is 5.75 Å². The van der Waals surface area contributed by atoms with E-state index in [2.05, 4.69) is 12.2 Å². The maximum absolute atomic E-state index is 12.9. The van der Waals surface area contributed by atoms with Crippen molar-refractivity contribution in [3.8, 4) is 22.7 Å². The van der Waals surface area contributed by atoms with Crippen LogP contribution in [0, 0.1) is 0 Å². The molecule has 0 bridgehead atoms. The molecule has 5 heteroatoms. The number of benzene rings is 2. The van der Waals surface area contributed by atoms with Gasteiger partial charge in [0.1, 0.15) is 11.4 Å². The summed E-state index contributed by atoms with van der Waals surface area (Å²) in [6.45, 7) is 4.13. The SMILES string of the molecule is CCCC(C)NC(=O)c1cn(-c2ccccc2)nc1-c1ccc(OC)cc1. The highest BCUT2D eigenvalue weighted by molar-refractivity contribution is 6.00. The molecule has 0 aliphatic carbocycles. The van der Waals surface area contributed by atoms with Gasteiger partial charge in [-0.25, -0.2) is 4.68 Å². The van der Waals surface area contributed by atoms with Gasteiger partial charge < -0.3 is 10.1 Å². The third-order valence-electron chi connectivity index (χ3n) is 4.44. The molecule has 0 spiro atoms. The van der Waals surface area contributed by atoms with Crippen LogP contribution in [-0.4, -0.2) is 28.8 Å². The van der Waals surface area contributed by atoms with Crippen LogP contribution in [0.4, 0.5) is 0 Å². The predicted molar refractivity (Wildman–Crippen MR) is 107 cm³/mol. The van der Waals surface area contributed by atoms with Gasteiger partial charge in [0.2, 0.25) is 0 Å². The lowest BCUT2D eigenvalue weighted by atomic mass is 10.1. The molecule has 0 saturated carbocycles. The van der Waals surface area contributed by atoms with E-state index in [1.807, 2.05) is 61.5 Å². The van der Waals surface area contributed by atoms with Crippen LogP contribution >= 0.6 is 0 Å². The summed E-state index contributed by atoms with van der Waals surface area (Å²) in [5.41, 5.74) is 3.00. The number of amides is 1. The molecule has 3 rings (SSSR count). The van der Waals surface area contributed by atoms with Gasteiger partial charge in [-0.15, -0.1) is 0 Å². The van der Waals surface area contributed by atoms with Crippen LogP contribution < -0.4 is 10.1 Å². The Morgan fingerprint density at radius 3 is 2.48 bits per heavy atom. The van der Waals surface area contributed by atoms with Gasteiger partial charge in [-0.3, -0.25) is 4.79 Å². The number of ether oxygens (including phenoxy) is 1. The lowest BCUT2D eigenvalue weighted by molar-refractivity contribution is 0.0939. The molecule has 27 heavy (non-hydrogen) atoms. The minimum absolute atomic E-state index is 0.107. The van der Waals surface area contributed by atoms with Gasteiger partial charge in [0.25, 0.3) is 5.91 Å². The Balaban J connectivity index is 2.01. The first-order valence-corrected chi connectivity index (χ1v) is 9.22. The summed E-state index contributed by atoms with van der Waals surface area (Å²) in [5, 5.41) is 7.77. The molecule has 2 aromatic carbocycles. The van der Waals surface area contributed by atoms with Crippen LogP contribution in [0.25, 0.3) is 16.9 Å². The average molecular weight is 363 g/mol. The molecule has 1 unspecified atom stereocenters. The lowest BCUT2D eigenvalue weighted by Crippen LogP contribution is -2.32. The minimum atomic E-state index is -0.107. The van der Waals surface area contributed by atoms with Crippen molar-refractivity contribution in [2.24, 2.45) is 0 Å². The molecule has 0 fully saturated rings. The molecule has 1 heterocycles. The first-order chi connectivity index (χ1) is 13.1. The smallest absolute Gasteiger partial charge is 0.255 e. The second kappa shape index (κ2) is 8.54. The number of nitrogens with one attached hydrogen (secondary N) is 1. The van der Waals surface area contributed by atoms with Crippen LogP contribution in [0.1, 0.15) is 37.0 Å². The number of rotatable bonds is 7. The van der Waals surface area contributed by atoms with Gasteiger partial charge in [0.15, 0.2) is 0 Å². The Hall–Kier alpha value is -3.08. The number of nitrogens with zero attached hydrogens (tertiary/aromatic N) is 2. The topological polar surface area (TPSA) is 56.2 Å². The summed E-state index contributed by atoms with van der Waals surface area (Å²) in [6, 6.07) is 17.5. The third-order valence-corrected chi connectivity index (χ3v) is 4.44. The fraction of sp³-hybridized carbons (Fsp3) is 0.273. The quantitative estimate of drug-likeness (QED) is 0.674. The van der Waals surface area contributed by atoms with Crippen molar-refractivity contribution in [1.82, 2.24) is 15.1 Å². The van der Waals surface area contributed by atoms with Crippen molar-refractivity contribution in [3.05, 3.63) is 66.4 Å². The van der Waals surface area contributed by atoms with Gasteiger partial charge in [-0.1, -0.05) is 31.5 Å². The molecular weight excluding hydrogens is 338 g/mol. The Bertz CT molecular complexity index is 886. The lowest BCUT2D eigenvalue weighted by Gasteiger charge is -2.12. The first kappa shape index (κ1) is 18.7. The van der Waals surface area contributed by atoms with Crippen molar-refractivity contribution in [2.45, 2.75) is 32.7 Å². The summed E-state index contributed by atoms with van der Waals surface area (Å²) >= 11 is 0. The van der Waals surface area contributed by atoms with Crippen LogP contribution in [0.3, 0.4) is 0 Å². The molecule has 1 atom stereocenters. The number of aromatic nitrogens is 2. The number of carbonyl (C=O) groups is 1. The van der Waals surface area contributed by atoms with Crippen molar-refractivity contribution < 1.29 is 9.53 Å². The molecule has 1 aromatic heterocycles. The molecular formula is C22H25N3O2. The standard InChI is InChI=1S/C22H25N3O2/c1-4-8-16(2)23-22(26)20-15-25(18-9-6-5-7-10-18)24-21(20)17-11-13-19(27-3)14-12-17/h5-7,9-16H,4,8H2,1-3H3,(H,23,26). The molecule has 0 aliphatic heterocycles. The Kier molecular flexibility index (Phi) is 5.91. The van der Waals surface area contributed by atoms with E-state index in [0.29, 0.717) is 11.3 Å². The zero-order chi connectivity index (χ0) is 19.2. The van der Waals surface area contributed by atoms with Crippen LogP contribution in [0.15, 0.2) is 60.8 Å². The van der Waals surface area contributed by atoms with Gasteiger partial charge in [0.05, 0.1) is 18.4 Å². The number of methoxy groups -OCH3 is 1. The fourth-order valence-electron chi connectivity index (χ4n) is 3.02. The Labute approximate surface area is 160 Å². The highest BCUT2D eigenvalue weighted by Crippen LogP contribution is 2.26. The zero-order valence-electron chi connectivity index (χ0n) is 16.0. The van der Waals surface area contributed by atoms with Crippen molar-refractivity contribution >= 4 is 5.91 Å².